The Morgan fingerprint density at radius 1 is 1.12 bits per heavy atom. The number of anilines is 1. The summed E-state index contributed by atoms with van der Waals surface area (Å²) >= 11 is 6.28. The molecule has 3 heterocycles. The molecule has 3 aromatic rings. The predicted octanol–water partition coefficient (Wildman–Crippen LogP) is 2.83. The first-order chi connectivity index (χ1) is 11.7. The number of nitrogens with zero attached hydrogens (tertiary/aromatic N) is 6. The van der Waals surface area contributed by atoms with Gasteiger partial charge in [-0.1, -0.05) is 29.8 Å². The Hall–Kier alpha value is -1.89. The van der Waals surface area contributed by atoms with Crippen LogP contribution < -0.4 is 4.90 Å². The van der Waals surface area contributed by atoms with Crippen molar-refractivity contribution in [3.05, 3.63) is 52.9 Å². The predicted molar refractivity (Wildman–Crippen MR) is 102 cm³/mol. The largest absolute Gasteiger partial charge is 0.366 e. The lowest BCUT2D eigenvalue weighted by Gasteiger charge is -2.36. The summed E-state index contributed by atoms with van der Waals surface area (Å²) in [7, 11) is 0. The van der Waals surface area contributed by atoms with E-state index < -0.39 is 0 Å². The molecule has 0 radical (unpaired) electrons. The van der Waals surface area contributed by atoms with Crippen molar-refractivity contribution >= 4 is 35.3 Å². The third-order valence-electron chi connectivity index (χ3n) is 4.44. The average Bonchev–Trinajstić information content (AvgIpc) is 3.05. The minimum Gasteiger partial charge on any atom is -0.366 e. The molecule has 132 valence electrons. The summed E-state index contributed by atoms with van der Waals surface area (Å²) in [5.74, 6) is 0. The number of fused-ring (bicyclic) bond motifs is 1. The topological polar surface area (TPSA) is 49.6 Å². The second-order valence-electron chi connectivity index (χ2n) is 6.12. The van der Waals surface area contributed by atoms with E-state index in [0.717, 1.165) is 54.8 Å². The lowest BCUT2D eigenvalue weighted by atomic mass is 10.2. The van der Waals surface area contributed by atoms with E-state index in [9.17, 15) is 0 Å². The molecular formula is C17H20Cl2N6. The van der Waals surface area contributed by atoms with Crippen LogP contribution in [0.25, 0.3) is 5.65 Å². The summed E-state index contributed by atoms with van der Waals surface area (Å²) in [6.07, 6.45) is 1.65. The van der Waals surface area contributed by atoms with Crippen molar-refractivity contribution in [2.24, 2.45) is 0 Å². The van der Waals surface area contributed by atoms with Gasteiger partial charge < -0.3 is 4.90 Å². The van der Waals surface area contributed by atoms with Gasteiger partial charge in [0, 0.05) is 37.7 Å². The lowest BCUT2D eigenvalue weighted by molar-refractivity contribution is 0.250. The zero-order chi connectivity index (χ0) is 16.5. The molecular weight excluding hydrogens is 359 g/mol. The molecule has 0 atom stereocenters. The van der Waals surface area contributed by atoms with Crippen LogP contribution in [0.2, 0.25) is 5.02 Å². The van der Waals surface area contributed by atoms with E-state index in [1.807, 2.05) is 25.1 Å². The number of benzene rings is 1. The van der Waals surface area contributed by atoms with Crippen molar-refractivity contribution in [3.63, 3.8) is 0 Å². The van der Waals surface area contributed by atoms with E-state index in [2.05, 4.69) is 37.2 Å². The van der Waals surface area contributed by atoms with Crippen LogP contribution in [0.5, 0.6) is 0 Å². The molecule has 1 aliphatic rings. The summed E-state index contributed by atoms with van der Waals surface area (Å²) in [6, 6.07) is 10.2. The fourth-order valence-electron chi connectivity index (χ4n) is 3.18. The number of rotatable bonds is 3. The van der Waals surface area contributed by atoms with Gasteiger partial charge >= 0.3 is 0 Å². The van der Waals surface area contributed by atoms with Crippen molar-refractivity contribution in [1.29, 1.82) is 0 Å². The van der Waals surface area contributed by atoms with Crippen LogP contribution in [-0.2, 0) is 6.54 Å². The van der Waals surface area contributed by atoms with Gasteiger partial charge in [0.2, 0.25) is 5.65 Å². The summed E-state index contributed by atoms with van der Waals surface area (Å²) in [4.78, 5) is 4.80. The molecule has 6 nitrogen and oxygen atoms in total. The summed E-state index contributed by atoms with van der Waals surface area (Å²) in [5.41, 5.74) is 4.08. The molecule has 0 saturated carbocycles. The van der Waals surface area contributed by atoms with E-state index in [1.54, 1.807) is 10.8 Å². The van der Waals surface area contributed by atoms with Crippen LogP contribution in [0.3, 0.4) is 0 Å². The van der Waals surface area contributed by atoms with Crippen LogP contribution in [-0.4, -0.2) is 50.9 Å². The highest BCUT2D eigenvalue weighted by Crippen LogP contribution is 2.23. The zero-order valence-corrected chi connectivity index (χ0v) is 15.5. The Labute approximate surface area is 157 Å². The second kappa shape index (κ2) is 7.56. The smallest absolute Gasteiger partial charge is 0.200 e. The highest BCUT2D eigenvalue weighted by atomic mass is 35.5. The monoisotopic (exact) mass is 378 g/mol. The molecule has 0 spiro atoms. The van der Waals surface area contributed by atoms with Crippen LogP contribution in [0.1, 0.15) is 11.3 Å². The Bertz CT molecular complexity index is 857. The number of halogens is 2. The Morgan fingerprint density at radius 2 is 1.88 bits per heavy atom. The third-order valence-corrected chi connectivity index (χ3v) is 4.80. The van der Waals surface area contributed by atoms with Gasteiger partial charge in [-0.15, -0.1) is 22.6 Å². The number of piperazine rings is 1. The quantitative estimate of drug-likeness (QED) is 0.701. The van der Waals surface area contributed by atoms with Crippen molar-refractivity contribution in [1.82, 2.24) is 24.7 Å². The standard InChI is InChI=1S/C17H19ClN6.ClH/c1-13-10-16(17-20-19-12-24(17)21-13)23-8-6-22(7-9-23)11-14-4-2-3-5-15(14)18;/h2-5,10,12H,6-9,11H2,1H3;1H. The third kappa shape index (κ3) is 3.71. The Morgan fingerprint density at radius 3 is 2.64 bits per heavy atom. The van der Waals surface area contributed by atoms with Crippen molar-refractivity contribution in [2.75, 3.05) is 31.1 Å². The van der Waals surface area contributed by atoms with Gasteiger partial charge in [0.25, 0.3) is 0 Å². The number of aromatic nitrogens is 4. The van der Waals surface area contributed by atoms with Crippen LogP contribution >= 0.6 is 24.0 Å². The minimum atomic E-state index is 0. The Balaban J connectivity index is 0.00000182. The molecule has 1 aliphatic heterocycles. The molecule has 2 aromatic heterocycles. The van der Waals surface area contributed by atoms with E-state index in [1.165, 1.54) is 5.56 Å². The number of hydrogen-bond acceptors (Lipinski definition) is 5. The highest BCUT2D eigenvalue weighted by molar-refractivity contribution is 6.31. The van der Waals surface area contributed by atoms with Crippen LogP contribution in [0.15, 0.2) is 36.7 Å². The number of aryl methyl sites for hydroxylation is 1. The molecule has 0 amide bonds. The fraction of sp³-hybridized carbons (Fsp3) is 0.353. The van der Waals surface area contributed by atoms with Gasteiger partial charge in [-0.2, -0.15) is 9.61 Å². The lowest BCUT2D eigenvalue weighted by Crippen LogP contribution is -2.46. The van der Waals surface area contributed by atoms with Crippen molar-refractivity contribution in [3.8, 4) is 0 Å². The molecule has 25 heavy (non-hydrogen) atoms. The molecule has 1 aromatic carbocycles. The molecule has 0 bridgehead atoms. The van der Waals surface area contributed by atoms with Crippen LogP contribution in [0.4, 0.5) is 5.69 Å². The normalized spacial score (nSPS) is 15.4. The zero-order valence-electron chi connectivity index (χ0n) is 14.0. The SMILES string of the molecule is Cc1cc(N2CCN(Cc3ccccc3Cl)CC2)c2nncn2n1.Cl. The molecule has 0 aliphatic carbocycles. The van der Waals surface area contributed by atoms with Gasteiger partial charge in [0.15, 0.2) is 0 Å². The molecule has 1 saturated heterocycles. The van der Waals surface area contributed by atoms with E-state index in [4.69, 9.17) is 11.6 Å². The molecule has 8 heteroatoms. The fourth-order valence-corrected chi connectivity index (χ4v) is 3.38. The van der Waals surface area contributed by atoms with E-state index in [0.29, 0.717) is 0 Å². The van der Waals surface area contributed by atoms with Gasteiger partial charge in [-0.25, -0.2) is 0 Å². The maximum absolute atomic E-state index is 6.28. The van der Waals surface area contributed by atoms with Gasteiger partial charge in [-0.05, 0) is 24.6 Å². The summed E-state index contributed by atoms with van der Waals surface area (Å²) in [6.45, 7) is 6.78. The highest BCUT2D eigenvalue weighted by Gasteiger charge is 2.21. The van der Waals surface area contributed by atoms with Crippen molar-refractivity contribution in [2.45, 2.75) is 13.5 Å². The molecule has 1 fully saturated rings. The summed E-state index contributed by atoms with van der Waals surface area (Å²) in [5, 5.41) is 13.4. The first kappa shape index (κ1) is 17.9. The minimum absolute atomic E-state index is 0. The maximum Gasteiger partial charge on any atom is 0.200 e. The maximum atomic E-state index is 6.28. The van der Waals surface area contributed by atoms with Gasteiger partial charge in [0.05, 0.1) is 11.4 Å². The second-order valence-corrected chi connectivity index (χ2v) is 6.53. The Kier molecular flexibility index (Phi) is 5.42. The first-order valence-corrected chi connectivity index (χ1v) is 8.47. The molecule has 0 N–H and O–H groups in total. The van der Waals surface area contributed by atoms with Crippen molar-refractivity contribution < 1.29 is 0 Å². The van der Waals surface area contributed by atoms with Gasteiger partial charge in [-0.3, -0.25) is 4.90 Å². The molecule has 0 unspecified atom stereocenters. The van der Waals surface area contributed by atoms with E-state index in [-0.39, 0.29) is 12.4 Å². The van der Waals surface area contributed by atoms with E-state index >= 15 is 0 Å². The number of hydrogen-bond donors (Lipinski definition) is 0. The first-order valence-electron chi connectivity index (χ1n) is 8.09. The average molecular weight is 379 g/mol. The summed E-state index contributed by atoms with van der Waals surface area (Å²) < 4.78 is 1.75. The molecule has 4 rings (SSSR count). The van der Waals surface area contributed by atoms with Crippen LogP contribution in [0, 0.1) is 6.92 Å². The van der Waals surface area contributed by atoms with Gasteiger partial charge in [0.1, 0.15) is 6.33 Å².